The van der Waals surface area contributed by atoms with Gasteiger partial charge in [-0.15, -0.1) is 0 Å². The van der Waals surface area contributed by atoms with Gasteiger partial charge in [0, 0.05) is 12.5 Å². The van der Waals surface area contributed by atoms with Crippen LogP contribution in [0.2, 0.25) is 0 Å². The van der Waals surface area contributed by atoms with E-state index in [9.17, 15) is 22.4 Å². The number of carboxylic acids is 1. The van der Waals surface area contributed by atoms with E-state index in [1.165, 1.54) is 31.4 Å². The number of hydrogen-bond donors (Lipinski definition) is 1. The highest BCUT2D eigenvalue weighted by Gasteiger charge is 2.35. The second kappa shape index (κ2) is 9.92. The minimum absolute atomic E-state index is 0.0234. The smallest absolute Gasteiger partial charge is 0.416 e. The summed E-state index contributed by atoms with van der Waals surface area (Å²) in [5.74, 6) is -0.432. The van der Waals surface area contributed by atoms with Crippen LogP contribution in [0.25, 0.3) is 0 Å². The quantitative estimate of drug-likeness (QED) is 0.441. The molecule has 3 atom stereocenters. The van der Waals surface area contributed by atoms with Gasteiger partial charge in [-0.1, -0.05) is 25.1 Å². The lowest BCUT2D eigenvalue weighted by Gasteiger charge is -2.20. The number of hydrogen-bond acceptors (Lipinski definition) is 2. The van der Waals surface area contributed by atoms with Crippen LogP contribution in [0.5, 0.6) is 5.75 Å². The Morgan fingerprint density at radius 3 is 2.59 bits per heavy atom. The molecule has 1 N–H and O–H groups in total. The van der Waals surface area contributed by atoms with Crippen LogP contribution in [-0.2, 0) is 17.4 Å². The molecule has 0 aliphatic heterocycles. The normalized spacial score (nSPS) is 19.7. The maximum Gasteiger partial charge on any atom is 0.416 e. The number of rotatable bonds is 8. The summed E-state index contributed by atoms with van der Waals surface area (Å²) >= 11 is 0. The third-order valence-electron chi connectivity index (χ3n) is 6.47. The number of carbonyl (C=O) groups is 1. The summed E-state index contributed by atoms with van der Waals surface area (Å²) in [7, 11) is 1.51. The van der Waals surface area contributed by atoms with Gasteiger partial charge in [0.2, 0.25) is 0 Å². The van der Waals surface area contributed by atoms with Crippen molar-refractivity contribution in [3.8, 4) is 5.75 Å². The molecule has 3 rings (SSSR count). The van der Waals surface area contributed by atoms with E-state index in [1.807, 2.05) is 0 Å². The van der Waals surface area contributed by atoms with Crippen molar-refractivity contribution < 1.29 is 32.2 Å². The molecule has 2 aromatic rings. The molecule has 0 spiro atoms. The molecule has 0 heterocycles. The number of carboxylic acid groups (broad SMARTS) is 1. The van der Waals surface area contributed by atoms with E-state index in [1.54, 1.807) is 12.1 Å². The van der Waals surface area contributed by atoms with Gasteiger partial charge in [-0.25, -0.2) is 4.39 Å². The Labute approximate surface area is 185 Å². The molecular weight excluding hydrogens is 424 g/mol. The van der Waals surface area contributed by atoms with Crippen LogP contribution in [0.3, 0.4) is 0 Å². The SMILES string of the molecule is COc1cc(F)ccc1[C@@H](C)C[C@@H]1CC[C@H](c2ccc(CCC(=O)O)c(C(F)(F)F)c2)C1. The molecule has 32 heavy (non-hydrogen) atoms. The predicted octanol–water partition coefficient (Wildman–Crippen LogP) is 6.95. The van der Waals surface area contributed by atoms with E-state index in [-0.39, 0.29) is 36.1 Å². The Kier molecular flexibility index (Phi) is 7.47. The third-order valence-corrected chi connectivity index (χ3v) is 6.47. The summed E-state index contributed by atoms with van der Waals surface area (Å²) in [6.07, 6.45) is -1.63. The van der Waals surface area contributed by atoms with Crippen molar-refractivity contribution in [2.24, 2.45) is 5.92 Å². The summed E-state index contributed by atoms with van der Waals surface area (Å²) in [5, 5.41) is 8.82. The Balaban J connectivity index is 1.71. The Hall–Kier alpha value is -2.57. The summed E-state index contributed by atoms with van der Waals surface area (Å²) in [4.78, 5) is 10.8. The fourth-order valence-electron chi connectivity index (χ4n) is 4.88. The highest BCUT2D eigenvalue weighted by molar-refractivity contribution is 5.67. The van der Waals surface area contributed by atoms with E-state index in [0.29, 0.717) is 17.2 Å². The second-order valence-corrected chi connectivity index (χ2v) is 8.71. The molecule has 0 saturated heterocycles. The number of aryl methyl sites for hydroxylation is 1. The largest absolute Gasteiger partial charge is 0.496 e. The van der Waals surface area contributed by atoms with Gasteiger partial charge in [-0.3, -0.25) is 4.79 Å². The van der Waals surface area contributed by atoms with Crippen LogP contribution in [0.15, 0.2) is 36.4 Å². The molecule has 0 bridgehead atoms. The Morgan fingerprint density at radius 2 is 1.94 bits per heavy atom. The van der Waals surface area contributed by atoms with E-state index < -0.39 is 17.7 Å². The zero-order chi connectivity index (χ0) is 23.5. The van der Waals surface area contributed by atoms with Gasteiger partial charge in [0.25, 0.3) is 0 Å². The van der Waals surface area contributed by atoms with Crippen molar-refractivity contribution >= 4 is 5.97 Å². The van der Waals surface area contributed by atoms with Crippen LogP contribution in [0.4, 0.5) is 17.6 Å². The van der Waals surface area contributed by atoms with Crippen LogP contribution in [0, 0.1) is 11.7 Å². The maximum atomic E-state index is 13.6. The monoisotopic (exact) mass is 452 g/mol. The van der Waals surface area contributed by atoms with Crippen molar-refractivity contribution in [2.75, 3.05) is 7.11 Å². The topological polar surface area (TPSA) is 46.5 Å². The van der Waals surface area contributed by atoms with Crippen LogP contribution >= 0.6 is 0 Å². The summed E-state index contributed by atoms with van der Waals surface area (Å²) in [6.45, 7) is 2.06. The first-order valence-electron chi connectivity index (χ1n) is 10.8. The van der Waals surface area contributed by atoms with E-state index in [0.717, 1.165) is 31.2 Å². The minimum Gasteiger partial charge on any atom is -0.496 e. The molecule has 174 valence electrons. The average Bonchev–Trinajstić information content (AvgIpc) is 3.19. The van der Waals surface area contributed by atoms with E-state index in [2.05, 4.69) is 6.92 Å². The van der Waals surface area contributed by atoms with E-state index in [4.69, 9.17) is 9.84 Å². The first-order valence-corrected chi connectivity index (χ1v) is 10.8. The molecule has 0 aromatic heterocycles. The van der Waals surface area contributed by atoms with Crippen molar-refractivity contribution in [1.29, 1.82) is 0 Å². The maximum absolute atomic E-state index is 13.6. The fraction of sp³-hybridized carbons (Fsp3) is 0.480. The van der Waals surface area contributed by atoms with Gasteiger partial charge in [0.1, 0.15) is 11.6 Å². The number of alkyl halides is 3. The van der Waals surface area contributed by atoms with Gasteiger partial charge in [-0.2, -0.15) is 13.2 Å². The number of halogens is 4. The van der Waals surface area contributed by atoms with Gasteiger partial charge >= 0.3 is 12.1 Å². The zero-order valence-corrected chi connectivity index (χ0v) is 18.2. The van der Waals surface area contributed by atoms with Gasteiger partial charge < -0.3 is 9.84 Å². The first-order chi connectivity index (χ1) is 15.1. The third kappa shape index (κ3) is 5.81. The van der Waals surface area contributed by atoms with Crippen LogP contribution in [0.1, 0.15) is 73.1 Å². The molecule has 1 aliphatic rings. The number of benzene rings is 2. The molecule has 3 nitrogen and oxygen atoms in total. The summed E-state index contributed by atoms with van der Waals surface area (Å²) in [5.41, 5.74) is 0.879. The Bertz CT molecular complexity index is 955. The molecule has 2 aromatic carbocycles. The molecule has 0 radical (unpaired) electrons. The van der Waals surface area contributed by atoms with Gasteiger partial charge in [-0.05, 0) is 78.7 Å². The van der Waals surface area contributed by atoms with Crippen molar-refractivity contribution in [1.82, 2.24) is 0 Å². The highest BCUT2D eigenvalue weighted by atomic mass is 19.4. The van der Waals surface area contributed by atoms with Crippen LogP contribution < -0.4 is 4.74 Å². The summed E-state index contributed by atoms with van der Waals surface area (Å²) in [6, 6.07) is 8.87. The molecule has 0 amide bonds. The second-order valence-electron chi connectivity index (χ2n) is 8.71. The number of methoxy groups -OCH3 is 1. The minimum atomic E-state index is -4.52. The summed E-state index contributed by atoms with van der Waals surface area (Å²) < 4.78 is 59.6. The lowest BCUT2D eigenvalue weighted by Crippen LogP contribution is -2.12. The van der Waals surface area contributed by atoms with Crippen molar-refractivity contribution in [3.63, 3.8) is 0 Å². The number of ether oxygens (including phenoxy) is 1. The molecule has 1 saturated carbocycles. The standard InChI is InChI=1S/C25H28F4O3/c1-15(21-9-8-20(26)14-23(21)32-2)11-16-3-4-18(12-16)19-6-5-17(7-10-24(30)31)22(13-19)25(27,28)29/h5-6,8-9,13-16,18H,3-4,7,10-12H2,1-2H3,(H,30,31)/t15-,16-,18-/m0/s1. The van der Waals surface area contributed by atoms with Gasteiger partial charge in [0.05, 0.1) is 12.7 Å². The average molecular weight is 452 g/mol. The lowest BCUT2D eigenvalue weighted by molar-refractivity contribution is -0.140. The van der Waals surface area contributed by atoms with Gasteiger partial charge in [0.15, 0.2) is 0 Å². The highest BCUT2D eigenvalue weighted by Crippen LogP contribution is 2.45. The van der Waals surface area contributed by atoms with Crippen molar-refractivity contribution in [2.45, 2.75) is 63.5 Å². The first kappa shape index (κ1) is 24.1. The molecule has 1 aliphatic carbocycles. The number of aliphatic carboxylic acids is 1. The Morgan fingerprint density at radius 1 is 1.19 bits per heavy atom. The molecule has 1 fully saturated rings. The lowest BCUT2D eigenvalue weighted by atomic mass is 9.87. The molecule has 0 unspecified atom stereocenters. The predicted molar refractivity (Wildman–Crippen MR) is 113 cm³/mol. The molecule has 7 heteroatoms. The molecular formula is C25H28F4O3. The fourth-order valence-corrected chi connectivity index (χ4v) is 4.88. The van der Waals surface area contributed by atoms with Crippen LogP contribution in [-0.4, -0.2) is 18.2 Å². The van der Waals surface area contributed by atoms with E-state index >= 15 is 0 Å². The zero-order valence-electron chi connectivity index (χ0n) is 18.2. The van der Waals surface area contributed by atoms with Crippen molar-refractivity contribution in [3.05, 3.63) is 64.5 Å².